The molecule has 2 aliphatic heterocycles. The number of hydrogen-bond donors (Lipinski definition) is 2. The predicted molar refractivity (Wildman–Crippen MR) is 138 cm³/mol. The van der Waals surface area contributed by atoms with Crippen LogP contribution in [-0.2, 0) is 9.53 Å². The monoisotopic (exact) mass is 548 g/mol. The van der Waals surface area contributed by atoms with E-state index in [2.05, 4.69) is 43.2 Å². The summed E-state index contributed by atoms with van der Waals surface area (Å²) in [6.07, 6.45) is 9.43. The number of rotatable bonds is 5. The molecule has 1 aliphatic carbocycles. The highest BCUT2D eigenvalue weighted by Crippen LogP contribution is 2.34. The minimum atomic E-state index is 0. The van der Waals surface area contributed by atoms with E-state index in [1.165, 1.54) is 25.7 Å². The van der Waals surface area contributed by atoms with Crippen molar-refractivity contribution < 1.29 is 9.53 Å². The summed E-state index contributed by atoms with van der Waals surface area (Å²) in [5, 5.41) is 7.01. The van der Waals surface area contributed by atoms with E-state index in [1.807, 2.05) is 0 Å². The number of guanidine groups is 1. The Hall–Kier alpha value is -0.570. The SMILES string of the molecule is CCNC(=NCC1CCCOC1C(C)(C)C)NC1CCN(C(=O)C2CCCCC2)C1.I. The Morgan fingerprint density at radius 3 is 2.52 bits per heavy atom. The van der Waals surface area contributed by atoms with Crippen molar-refractivity contribution >= 4 is 35.8 Å². The number of amides is 1. The first-order chi connectivity index (χ1) is 14.4. The number of aliphatic imine (C=N–C) groups is 1. The molecular weight excluding hydrogens is 503 g/mol. The Labute approximate surface area is 206 Å². The summed E-state index contributed by atoms with van der Waals surface area (Å²) in [5.74, 6) is 1.99. The Morgan fingerprint density at radius 2 is 1.84 bits per heavy atom. The van der Waals surface area contributed by atoms with E-state index >= 15 is 0 Å². The van der Waals surface area contributed by atoms with Crippen molar-refractivity contribution in [3.63, 3.8) is 0 Å². The highest BCUT2D eigenvalue weighted by molar-refractivity contribution is 14.0. The van der Waals surface area contributed by atoms with Gasteiger partial charge in [0.2, 0.25) is 5.91 Å². The number of ether oxygens (including phenoxy) is 1. The molecule has 3 fully saturated rings. The van der Waals surface area contributed by atoms with Crippen molar-refractivity contribution in [2.75, 3.05) is 32.8 Å². The Bertz CT molecular complexity index is 587. The van der Waals surface area contributed by atoms with Crippen molar-refractivity contribution in [2.45, 2.75) is 91.2 Å². The maximum Gasteiger partial charge on any atom is 0.225 e. The number of nitrogens with one attached hydrogen (secondary N) is 2. The standard InChI is InChI=1S/C24H44N4O2.HI/c1-5-25-23(26-16-19-12-9-15-30-21(19)24(2,3)4)27-20-13-14-28(17-20)22(29)18-10-7-6-8-11-18;/h18-21H,5-17H2,1-4H3,(H2,25,26,27);1H. The number of halogens is 1. The van der Waals surface area contributed by atoms with E-state index in [1.54, 1.807) is 0 Å². The Morgan fingerprint density at radius 1 is 1.10 bits per heavy atom. The summed E-state index contributed by atoms with van der Waals surface area (Å²) < 4.78 is 6.12. The molecule has 1 saturated carbocycles. The van der Waals surface area contributed by atoms with E-state index in [-0.39, 0.29) is 47.5 Å². The summed E-state index contributed by atoms with van der Waals surface area (Å²) in [7, 11) is 0. The fourth-order valence-corrected chi connectivity index (χ4v) is 5.40. The van der Waals surface area contributed by atoms with Crippen molar-refractivity contribution in [3.8, 4) is 0 Å². The highest BCUT2D eigenvalue weighted by atomic mass is 127. The van der Waals surface area contributed by atoms with Crippen LogP contribution in [0.3, 0.4) is 0 Å². The molecule has 6 nitrogen and oxygen atoms in total. The lowest BCUT2D eigenvalue weighted by atomic mass is 9.78. The van der Waals surface area contributed by atoms with Gasteiger partial charge in [0.15, 0.2) is 5.96 Å². The van der Waals surface area contributed by atoms with Gasteiger partial charge >= 0.3 is 0 Å². The quantitative estimate of drug-likeness (QED) is 0.308. The molecule has 0 aromatic rings. The number of hydrogen-bond acceptors (Lipinski definition) is 3. The van der Waals surface area contributed by atoms with E-state index < -0.39 is 0 Å². The van der Waals surface area contributed by atoms with Gasteiger partial charge in [-0.2, -0.15) is 0 Å². The van der Waals surface area contributed by atoms with Gasteiger partial charge < -0.3 is 20.3 Å². The maximum absolute atomic E-state index is 12.9. The lowest BCUT2D eigenvalue weighted by molar-refractivity contribution is -0.135. The average Bonchev–Trinajstić information content (AvgIpc) is 3.20. The van der Waals surface area contributed by atoms with Crippen molar-refractivity contribution in [2.24, 2.45) is 22.2 Å². The molecule has 2 heterocycles. The van der Waals surface area contributed by atoms with Crippen molar-refractivity contribution in [3.05, 3.63) is 0 Å². The second kappa shape index (κ2) is 12.6. The highest BCUT2D eigenvalue weighted by Gasteiger charge is 2.35. The van der Waals surface area contributed by atoms with Crippen LogP contribution in [0, 0.1) is 17.3 Å². The first-order valence-corrected chi connectivity index (χ1v) is 12.3. The third kappa shape index (κ3) is 7.76. The second-order valence-electron chi connectivity index (χ2n) is 10.5. The topological polar surface area (TPSA) is 66.0 Å². The molecule has 0 radical (unpaired) electrons. The zero-order valence-electron chi connectivity index (χ0n) is 20.1. The van der Waals surface area contributed by atoms with Gasteiger partial charge in [-0.1, -0.05) is 40.0 Å². The third-order valence-corrected chi connectivity index (χ3v) is 6.92. The average molecular weight is 549 g/mol. The number of carbonyl (C=O) groups is 1. The fourth-order valence-electron chi connectivity index (χ4n) is 5.40. The summed E-state index contributed by atoms with van der Waals surface area (Å²) in [6.45, 7) is 13.1. The molecular formula is C24H45IN4O2. The van der Waals surface area contributed by atoms with Crippen LogP contribution in [-0.4, -0.2) is 61.7 Å². The van der Waals surface area contributed by atoms with E-state index in [9.17, 15) is 4.79 Å². The molecule has 0 bridgehead atoms. The summed E-state index contributed by atoms with van der Waals surface area (Å²) in [5.41, 5.74) is 0.137. The van der Waals surface area contributed by atoms with Gasteiger partial charge in [0.1, 0.15) is 0 Å². The molecule has 1 amide bonds. The number of carbonyl (C=O) groups excluding carboxylic acids is 1. The lowest BCUT2D eigenvalue weighted by Crippen LogP contribution is -2.46. The van der Waals surface area contributed by atoms with Gasteiger partial charge in [0.25, 0.3) is 0 Å². The Balaban J connectivity index is 0.00000341. The first-order valence-electron chi connectivity index (χ1n) is 12.3. The smallest absolute Gasteiger partial charge is 0.225 e. The van der Waals surface area contributed by atoms with Crippen LogP contribution in [0.2, 0.25) is 0 Å². The van der Waals surface area contributed by atoms with Gasteiger partial charge in [0, 0.05) is 50.7 Å². The van der Waals surface area contributed by atoms with E-state index in [4.69, 9.17) is 9.73 Å². The molecule has 180 valence electrons. The van der Waals surface area contributed by atoms with Crippen LogP contribution in [0.4, 0.5) is 0 Å². The fraction of sp³-hybridized carbons (Fsp3) is 0.917. The minimum Gasteiger partial charge on any atom is -0.377 e. The normalized spacial score (nSPS) is 28.2. The van der Waals surface area contributed by atoms with Gasteiger partial charge in [0.05, 0.1) is 6.10 Å². The molecule has 3 aliphatic rings. The molecule has 3 unspecified atom stereocenters. The molecule has 7 heteroatoms. The third-order valence-electron chi connectivity index (χ3n) is 6.92. The zero-order chi connectivity index (χ0) is 21.6. The van der Waals surface area contributed by atoms with Gasteiger partial charge in [-0.05, 0) is 44.4 Å². The molecule has 0 aromatic heterocycles. The molecule has 2 saturated heterocycles. The molecule has 31 heavy (non-hydrogen) atoms. The molecule has 3 atom stereocenters. The molecule has 2 N–H and O–H groups in total. The lowest BCUT2D eigenvalue weighted by Gasteiger charge is -2.39. The molecule has 0 aromatic carbocycles. The minimum absolute atomic E-state index is 0. The van der Waals surface area contributed by atoms with Gasteiger partial charge in [-0.3, -0.25) is 9.79 Å². The molecule has 0 spiro atoms. The summed E-state index contributed by atoms with van der Waals surface area (Å²) in [6, 6.07) is 0.288. The maximum atomic E-state index is 12.9. The van der Waals surface area contributed by atoms with Gasteiger partial charge in [-0.25, -0.2) is 0 Å². The second-order valence-corrected chi connectivity index (χ2v) is 10.5. The van der Waals surface area contributed by atoms with E-state index in [0.29, 0.717) is 11.8 Å². The zero-order valence-corrected chi connectivity index (χ0v) is 22.5. The largest absolute Gasteiger partial charge is 0.377 e. The number of nitrogens with zero attached hydrogens (tertiary/aromatic N) is 2. The van der Waals surface area contributed by atoms with Crippen molar-refractivity contribution in [1.29, 1.82) is 0 Å². The van der Waals surface area contributed by atoms with Gasteiger partial charge in [-0.15, -0.1) is 24.0 Å². The van der Waals surface area contributed by atoms with Crippen LogP contribution in [0.5, 0.6) is 0 Å². The number of likely N-dealkylation sites (tertiary alicyclic amines) is 1. The van der Waals surface area contributed by atoms with Crippen LogP contribution in [0.25, 0.3) is 0 Å². The van der Waals surface area contributed by atoms with Crippen LogP contribution < -0.4 is 10.6 Å². The first kappa shape index (κ1) is 26.7. The van der Waals surface area contributed by atoms with Crippen molar-refractivity contribution in [1.82, 2.24) is 15.5 Å². The summed E-state index contributed by atoms with van der Waals surface area (Å²) >= 11 is 0. The summed E-state index contributed by atoms with van der Waals surface area (Å²) in [4.78, 5) is 19.9. The predicted octanol–water partition coefficient (Wildman–Crippen LogP) is 4.18. The van der Waals surface area contributed by atoms with Crippen LogP contribution in [0.15, 0.2) is 4.99 Å². The molecule has 3 rings (SSSR count). The van der Waals surface area contributed by atoms with E-state index in [0.717, 1.165) is 64.4 Å². The Kier molecular flexibility index (Phi) is 10.9. The van der Waals surface area contributed by atoms with Crippen LogP contribution >= 0.6 is 24.0 Å². The van der Waals surface area contributed by atoms with Crippen LogP contribution in [0.1, 0.15) is 79.1 Å².